The van der Waals surface area contributed by atoms with Crippen molar-refractivity contribution in [2.45, 2.75) is 358 Å². The van der Waals surface area contributed by atoms with Crippen LogP contribution in [0.15, 0.2) is 36.5 Å². The van der Waals surface area contributed by atoms with E-state index in [1.54, 1.807) is 6.08 Å². The molecule has 7 unspecified atom stereocenters. The number of rotatable bonds is 56. The van der Waals surface area contributed by atoms with Crippen LogP contribution in [-0.2, 0) is 14.3 Å². The van der Waals surface area contributed by atoms with E-state index in [1.807, 2.05) is 6.08 Å². The van der Waals surface area contributed by atoms with Gasteiger partial charge < -0.3 is 40.3 Å². The summed E-state index contributed by atoms with van der Waals surface area (Å²) in [6.45, 7) is 3.82. The number of hydrogen-bond acceptors (Lipinski definition) is 8. The minimum atomic E-state index is -1.57. The van der Waals surface area contributed by atoms with Crippen molar-refractivity contribution in [3.63, 3.8) is 0 Å². The van der Waals surface area contributed by atoms with Crippen molar-refractivity contribution < 1.29 is 39.8 Å². The first kappa shape index (κ1) is 70.4. The zero-order valence-electron chi connectivity index (χ0n) is 48.6. The Balaban J connectivity index is 2.15. The lowest BCUT2D eigenvalue weighted by Gasteiger charge is -2.40. The molecule has 1 fully saturated rings. The third-order valence-corrected chi connectivity index (χ3v) is 15.5. The molecule has 74 heavy (non-hydrogen) atoms. The van der Waals surface area contributed by atoms with Crippen molar-refractivity contribution in [2.75, 3.05) is 13.2 Å². The average molecular weight is 1050 g/mol. The fourth-order valence-electron chi connectivity index (χ4n) is 10.4. The first-order valence-corrected chi connectivity index (χ1v) is 32.2. The largest absolute Gasteiger partial charge is 0.394 e. The van der Waals surface area contributed by atoms with Crippen LogP contribution in [0.3, 0.4) is 0 Å². The molecule has 1 aliphatic heterocycles. The number of ether oxygens (including phenoxy) is 2. The molecule has 9 nitrogen and oxygen atoms in total. The topological polar surface area (TPSA) is 149 Å². The normalized spacial score (nSPS) is 19.1. The van der Waals surface area contributed by atoms with Crippen molar-refractivity contribution in [2.24, 2.45) is 0 Å². The molecule has 9 heteroatoms. The summed E-state index contributed by atoms with van der Waals surface area (Å²) < 4.78 is 11.3. The molecule has 1 amide bonds. The predicted octanol–water partition coefficient (Wildman–Crippen LogP) is 16.7. The zero-order valence-corrected chi connectivity index (χ0v) is 48.6. The number of hydrogen-bond donors (Lipinski definition) is 6. The van der Waals surface area contributed by atoms with Crippen molar-refractivity contribution >= 4 is 5.91 Å². The maximum absolute atomic E-state index is 13.1. The second kappa shape index (κ2) is 54.8. The minimum absolute atomic E-state index is 0.172. The summed E-state index contributed by atoms with van der Waals surface area (Å²) in [7, 11) is 0. The van der Waals surface area contributed by atoms with Crippen LogP contribution in [-0.4, -0.2) is 87.5 Å². The summed E-state index contributed by atoms with van der Waals surface area (Å²) in [6.07, 6.45) is 65.1. The quantitative estimate of drug-likeness (QED) is 0.0261. The smallest absolute Gasteiger partial charge is 0.220 e. The Labute approximate surface area is 457 Å². The Hall–Kier alpha value is -1.59. The molecule has 436 valence electrons. The Morgan fingerprint density at radius 2 is 0.797 bits per heavy atom. The second-order valence-electron chi connectivity index (χ2n) is 22.6. The van der Waals surface area contributed by atoms with Gasteiger partial charge in [0.25, 0.3) is 0 Å². The van der Waals surface area contributed by atoms with E-state index in [0.717, 1.165) is 44.9 Å². The second-order valence-corrected chi connectivity index (χ2v) is 22.6. The van der Waals surface area contributed by atoms with Gasteiger partial charge in [-0.25, -0.2) is 0 Å². The first-order valence-electron chi connectivity index (χ1n) is 32.2. The fraction of sp³-hybridized carbons (Fsp3) is 0.892. The summed E-state index contributed by atoms with van der Waals surface area (Å²) in [6, 6.07) is -0.805. The minimum Gasteiger partial charge on any atom is -0.394 e. The summed E-state index contributed by atoms with van der Waals surface area (Å²) >= 11 is 0. The summed E-state index contributed by atoms with van der Waals surface area (Å²) in [5, 5.41) is 54.6. The highest BCUT2D eigenvalue weighted by molar-refractivity contribution is 5.76. The van der Waals surface area contributed by atoms with Crippen molar-refractivity contribution in [1.29, 1.82) is 0 Å². The number of carbonyl (C=O) groups is 1. The van der Waals surface area contributed by atoms with Crippen LogP contribution < -0.4 is 5.32 Å². The standard InChI is InChI=1S/C65H123NO8/c1-3-5-7-9-11-13-15-17-19-21-23-25-26-27-28-29-30-31-32-33-34-35-37-39-41-43-45-47-49-51-53-55-61(69)66-58(57-73-65-64(72)63(71)62(70)60(56-67)74-65)59(68)54-52-50-48-46-44-42-40-38-36-24-22-20-18-16-14-12-10-8-6-4-2/h23,25,27-28,52,54,58-60,62-65,67-68,70-72H,3-22,24,26,29-51,53,55-57H2,1-2H3,(H,66,69)/b25-23-,28-27-,54-52+. The van der Waals surface area contributed by atoms with E-state index < -0.39 is 49.5 Å². The highest BCUT2D eigenvalue weighted by Crippen LogP contribution is 2.23. The van der Waals surface area contributed by atoms with Gasteiger partial charge in [0, 0.05) is 6.42 Å². The number of aliphatic hydroxyl groups is 5. The molecule has 0 saturated carbocycles. The summed E-state index contributed by atoms with van der Waals surface area (Å²) in [5.41, 5.74) is 0. The van der Waals surface area contributed by atoms with E-state index in [9.17, 15) is 30.3 Å². The highest BCUT2D eigenvalue weighted by atomic mass is 16.7. The van der Waals surface area contributed by atoms with E-state index >= 15 is 0 Å². The monoisotopic (exact) mass is 1050 g/mol. The third kappa shape index (κ3) is 43.4. The van der Waals surface area contributed by atoms with Gasteiger partial charge in [0.15, 0.2) is 6.29 Å². The first-order chi connectivity index (χ1) is 36.3. The van der Waals surface area contributed by atoms with Crippen LogP contribution in [0.25, 0.3) is 0 Å². The van der Waals surface area contributed by atoms with Gasteiger partial charge in [-0.05, 0) is 51.4 Å². The molecule has 0 aromatic heterocycles. The summed E-state index contributed by atoms with van der Waals surface area (Å²) in [4.78, 5) is 13.1. The number of allylic oxidation sites excluding steroid dienone is 5. The SMILES string of the molecule is CCCCCCCCCCC/C=C\C/C=C\CCCCCCCCCCCCCCCCCC(=O)NC(COC1OC(CO)C(O)C(O)C1O)C(O)/C=C/CCCCCCCCCCCCCCCCCCCC. The molecule has 1 aliphatic rings. The molecular formula is C65H123NO8. The van der Waals surface area contributed by atoms with Gasteiger partial charge in [-0.2, -0.15) is 0 Å². The highest BCUT2D eigenvalue weighted by Gasteiger charge is 2.44. The van der Waals surface area contributed by atoms with E-state index in [1.165, 1.54) is 250 Å². The molecular weight excluding hydrogens is 923 g/mol. The van der Waals surface area contributed by atoms with Crippen LogP contribution in [0.1, 0.15) is 316 Å². The van der Waals surface area contributed by atoms with Crippen molar-refractivity contribution in [3.05, 3.63) is 36.5 Å². The van der Waals surface area contributed by atoms with Crippen LogP contribution in [0, 0.1) is 0 Å². The Morgan fingerprint density at radius 3 is 1.16 bits per heavy atom. The molecule has 0 aromatic carbocycles. The molecule has 1 rings (SSSR count). The number of amides is 1. The molecule has 0 radical (unpaired) electrons. The lowest BCUT2D eigenvalue weighted by molar-refractivity contribution is -0.302. The van der Waals surface area contributed by atoms with Crippen LogP contribution in [0.4, 0.5) is 0 Å². The molecule has 1 saturated heterocycles. The fourth-order valence-corrected chi connectivity index (χ4v) is 10.4. The van der Waals surface area contributed by atoms with Crippen molar-refractivity contribution in [1.82, 2.24) is 5.32 Å². The van der Waals surface area contributed by atoms with Gasteiger partial charge in [-0.3, -0.25) is 4.79 Å². The number of carbonyl (C=O) groups excluding carboxylic acids is 1. The lowest BCUT2D eigenvalue weighted by atomic mass is 9.99. The Bertz CT molecular complexity index is 1260. The Kier molecular flexibility index (Phi) is 52.1. The molecule has 0 aromatic rings. The molecule has 1 heterocycles. The predicted molar refractivity (Wildman–Crippen MR) is 313 cm³/mol. The van der Waals surface area contributed by atoms with Crippen LogP contribution >= 0.6 is 0 Å². The third-order valence-electron chi connectivity index (χ3n) is 15.5. The van der Waals surface area contributed by atoms with Gasteiger partial charge >= 0.3 is 0 Å². The number of aliphatic hydroxyl groups excluding tert-OH is 5. The van der Waals surface area contributed by atoms with Gasteiger partial charge in [0.2, 0.25) is 5.91 Å². The van der Waals surface area contributed by atoms with E-state index in [0.29, 0.717) is 6.42 Å². The molecule has 6 N–H and O–H groups in total. The molecule has 0 bridgehead atoms. The maximum atomic E-state index is 13.1. The lowest BCUT2D eigenvalue weighted by Crippen LogP contribution is -2.60. The summed E-state index contributed by atoms with van der Waals surface area (Å²) in [5.74, 6) is -0.172. The van der Waals surface area contributed by atoms with Crippen molar-refractivity contribution in [3.8, 4) is 0 Å². The van der Waals surface area contributed by atoms with Gasteiger partial charge in [0.1, 0.15) is 24.4 Å². The van der Waals surface area contributed by atoms with E-state index in [-0.39, 0.29) is 12.5 Å². The van der Waals surface area contributed by atoms with Crippen LogP contribution in [0.5, 0.6) is 0 Å². The van der Waals surface area contributed by atoms with Crippen LogP contribution in [0.2, 0.25) is 0 Å². The van der Waals surface area contributed by atoms with Gasteiger partial charge in [-0.1, -0.05) is 294 Å². The van der Waals surface area contributed by atoms with E-state index in [4.69, 9.17) is 9.47 Å². The number of nitrogens with one attached hydrogen (secondary N) is 1. The molecule has 0 spiro atoms. The maximum Gasteiger partial charge on any atom is 0.220 e. The van der Waals surface area contributed by atoms with Gasteiger partial charge in [-0.15, -0.1) is 0 Å². The zero-order chi connectivity index (χ0) is 53.6. The molecule has 0 aliphatic carbocycles. The average Bonchev–Trinajstić information content (AvgIpc) is 3.40. The Morgan fingerprint density at radius 1 is 0.459 bits per heavy atom. The van der Waals surface area contributed by atoms with E-state index in [2.05, 4.69) is 43.5 Å². The molecule has 7 atom stereocenters. The van der Waals surface area contributed by atoms with Gasteiger partial charge in [0.05, 0.1) is 25.4 Å². The number of unbranched alkanes of at least 4 members (excludes halogenated alkanes) is 42.